The number of aromatic nitrogens is 2. The molecule has 0 spiro atoms. The molecule has 0 aromatic carbocycles. The second-order valence-corrected chi connectivity index (χ2v) is 6.05. The standard InChI is InChI=1S/C9H12BrN3O3S/c10-4-2-13(9(16)12-8(4)11)7-1-5(15)6(3-14)17-7/h2,5-7,14-15H,1,3H2,(H2,11,12,16)/t5-,6+,7+/m0/s1. The topological polar surface area (TPSA) is 101 Å². The summed E-state index contributed by atoms with van der Waals surface area (Å²) in [7, 11) is 0. The molecule has 1 fully saturated rings. The molecule has 0 aliphatic carbocycles. The van der Waals surface area contributed by atoms with E-state index in [1.807, 2.05) is 0 Å². The smallest absolute Gasteiger partial charge is 0.350 e. The minimum absolute atomic E-state index is 0.110. The van der Waals surface area contributed by atoms with Gasteiger partial charge in [0.15, 0.2) is 0 Å². The van der Waals surface area contributed by atoms with Gasteiger partial charge in [-0.3, -0.25) is 4.57 Å². The van der Waals surface area contributed by atoms with Crippen LogP contribution in [-0.4, -0.2) is 37.7 Å². The van der Waals surface area contributed by atoms with Crippen LogP contribution in [0.1, 0.15) is 11.8 Å². The maximum Gasteiger partial charge on any atom is 0.350 e. The van der Waals surface area contributed by atoms with Crippen LogP contribution in [-0.2, 0) is 0 Å². The van der Waals surface area contributed by atoms with Crippen LogP contribution in [0.2, 0.25) is 0 Å². The summed E-state index contributed by atoms with van der Waals surface area (Å²) in [5.74, 6) is 0.147. The summed E-state index contributed by atoms with van der Waals surface area (Å²) >= 11 is 4.57. The SMILES string of the molecule is Nc1nc(=O)n([C@H]2C[C@H](O)[C@@H](CO)S2)cc1Br. The number of hydrogen-bond donors (Lipinski definition) is 3. The molecule has 1 aliphatic rings. The van der Waals surface area contributed by atoms with Crippen LogP contribution in [0.5, 0.6) is 0 Å². The van der Waals surface area contributed by atoms with Crippen molar-refractivity contribution < 1.29 is 10.2 Å². The third kappa shape index (κ3) is 2.49. The zero-order valence-corrected chi connectivity index (χ0v) is 11.2. The van der Waals surface area contributed by atoms with Gasteiger partial charge in [0.1, 0.15) is 5.82 Å². The van der Waals surface area contributed by atoms with Gasteiger partial charge in [-0.25, -0.2) is 4.79 Å². The van der Waals surface area contributed by atoms with E-state index >= 15 is 0 Å². The van der Waals surface area contributed by atoms with Gasteiger partial charge in [0, 0.05) is 12.6 Å². The number of rotatable bonds is 2. The van der Waals surface area contributed by atoms with E-state index in [0.717, 1.165) is 0 Å². The quantitative estimate of drug-likeness (QED) is 0.705. The molecule has 2 heterocycles. The summed E-state index contributed by atoms with van der Waals surface area (Å²) in [6, 6.07) is 0. The average molecular weight is 322 g/mol. The van der Waals surface area contributed by atoms with Crippen molar-refractivity contribution in [3.63, 3.8) is 0 Å². The second-order valence-electron chi connectivity index (χ2n) is 3.78. The van der Waals surface area contributed by atoms with Gasteiger partial charge < -0.3 is 15.9 Å². The lowest BCUT2D eigenvalue weighted by molar-refractivity contribution is 0.137. The number of nitrogens with two attached hydrogens (primary N) is 1. The van der Waals surface area contributed by atoms with Gasteiger partial charge in [0.05, 0.1) is 27.8 Å². The number of nitrogens with zero attached hydrogens (tertiary/aromatic N) is 2. The molecule has 0 amide bonds. The number of thioether (sulfide) groups is 1. The van der Waals surface area contributed by atoms with Gasteiger partial charge in [0.25, 0.3) is 0 Å². The Kier molecular flexibility index (Phi) is 3.76. The molecule has 94 valence electrons. The number of nitrogen functional groups attached to an aromatic ring is 1. The molecule has 1 aromatic heterocycles. The molecule has 8 heteroatoms. The van der Waals surface area contributed by atoms with Crippen LogP contribution in [0.3, 0.4) is 0 Å². The normalized spacial score (nSPS) is 28.5. The Morgan fingerprint density at radius 3 is 3.00 bits per heavy atom. The minimum Gasteiger partial charge on any atom is -0.395 e. The summed E-state index contributed by atoms with van der Waals surface area (Å²) in [6.45, 7) is -0.110. The molecule has 0 bridgehead atoms. The predicted octanol–water partition coefficient (Wildman–Crippen LogP) is -0.0547. The highest BCUT2D eigenvalue weighted by Crippen LogP contribution is 2.40. The van der Waals surface area contributed by atoms with Crippen molar-refractivity contribution in [1.82, 2.24) is 9.55 Å². The predicted molar refractivity (Wildman–Crippen MR) is 68.7 cm³/mol. The lowest BCUT2D eigenvalue weighted by Gasteiger charge is -2.13. The Labute approximate surface area is 110 Å². The van der Waals surface area contributed by atoms with E-state index in [-0.39, 0.29) is 23.0 Å². The fourth-order valence-electron chi connectivity index (χ4n) is 1.71. The van der Waals surface area contributed by atoms with E-state index in [2.05, 4.69) is 20.9 Å². The number of halogens is 1. The molecule has 1 saturated heterocycles. The van der Waals surface area contributed by atoms with E-state index in [4.69, 9.17) is 10.8 Å². The van der Waals surface area contributed by atoms with Crippen LogP contribution in [0.25, 0.3) is 0 Å². The van der Waals surface area contributed by atoms with Crippen molar-refractivity contribution in [3.8, 4) is 0 Å². The van der Waals surface area contributed by atoms with Crippen molar-refractivity contribution in [2.24, 2.45) is 0 Å². The zero-order chi connectivity index (χ0) is 12.6. The molecule has 0 unspecified atom stereocenters. The summed E-state index contributed by atoms with van der Waals surface area (Å²) in [5.41, 5.74) is 5.05. The molecule has 0 saturated carbocycles. The van der Waals surface area contributed by atoms with E-state index < -0.39 is 11.8 Å². The van der Waals surface area contributed by atoms with Crippen molar-refractivity contribution in [2.45, 2.75) is 23.1 Å². The van der Waals surface area contributed by atoms with Crippen LogP contribution in [0, 0.1) is 0 Å². The summed E-state index contributed by atoms with van der Waals surface area (Å²) in [5, 5.41) is 18.3. The molecule has 2 rings (SSSR count). The lowest BCUT2D eigenvalue weighted by atomic mass is 10.2. The maximum absolute atomic E-state index is 11.7. The Balaban J connectivity index is 2.30. The highest BCUT2D eigenvalue weighted by atomic mass is 79.9. The van der Waals surface area contributed by atoms with Crippen molar-refractivity contribution in [2.75, 3.05) is 12.3 Å². The van der Waals surface area contributed by atoms with Gasteiger partial charge in [-0.15, -0.1) is 11.8 Å². The van der Waals surface area contributed by atoms with Crippen molar-refractivity contribution in [1.29, 1.82) is 0 Å². The van der Waals surface area contributed by atoms with E-state index in [0.29, 0.717) is 10.9 Å². The lowest BCUT2D eigenvalue weighted by Crippen LogP contribution is -2.26. The molecule has 4 N–H and O–H groups in total. The summed E-state index contributed by atoms with van der Waals surface area (Å²) < 4.78 is 1.96. The van der Waals surface area contributed by atoms with Crippen molar-refractivity contribution >= 4 is 33.5 Å². The average Bonchev–Trinajstić information content (AvgIpc) is 2.65. The van der Waals surface area contributed by atoms with Gasteiger partial charge in [-0.1, -0.05) is 0 Å². The highest BCUT2D eigenvalue weighted by molar-refractivity contribution is 9.10. The Hall–Kier alpha value is -0.570. The molecular weight excluding hydrogens is 310 g/mol. The molecule has 0 radical (unpaired) electrons. The third-order valence-electron chi connectivity index (χ3n) is 2.63. The first kappa shape index (κ1) is 12.9. The third-order valence-corrected chi connectivity index (χ3v) is 4.79. The fourth-order valence-corrected chi connectivity index (χ4v) is 3.40. The van der Waals surface area contributed by atoms with Crippen LogP contribution >= 0.6 is 27.7 Å². The first-order valence-electron chi connectivity index (χ1n) is 5.01. The minimum atomic E-state index is -0.613. The Morgan fingerprint density at radius 2 is 2.41 bits per heavy atom. The summed E-state index contributed by atoms with van der Waals surface area (Å²) in [4.78, 5) is 15.3. The number of aliphatic hydroxyl groups is 2. The molecular formula is C9H12BrN3O3S. The molecule has 3 atom stereocenters. The zero-order valence-electron chi connectivity index (χ0n) is 8.78. The molecule has 6 nitrogen and oxygen atoms in total. The van der Waals surface area contributed by atoms with Gasteiger partial charge >= 0.3 is 5.69 Å². The molecule has 17 heavy (non-hydrogen) atoms. The van der Waals surface area contributed by atoms with E-state index in [9.17, 15) is 9.90 Å². The molecule has 1 aliphatic heterocycles. The first-order chi connectivity index (χ1) is 8.02. The summed E-state index contributed by atoms with van der Waals surface area (Å²) in [6.07, 6.45) is 1.36. The number of hydrogen-bond acceptors (Lipinski definition) is 6. The molecule has 1 aromatic rings. The van der Waals surface area contributed by atoms with Gasteiger partial charge in [-0.2, -0.15) is 4.98 Å². The van der Waals surface area contributed by atoms with Crippen LogP contribution in [0.15, 0.2) is 15.5 Å². The van der Waals surface area contributed by atoms with Gasteiger partial charge in [0.2, 0.25) is 0 Å². The fraction of sp³-hybridized carbons (Fsp3) is 0.556. The van der Waals surface area contributed by atoms with Gasteiger partial charge in [-0.05, 0) is 15.9 Å². The number of aliphatic hydroxyl groups excluding tert-OH is 2. The van der Waals surface area contributed by atoms with Crippen LogP contribution in [0.4, 0.5) is 5.82 Å². The number of anilines is 1. The monoisotopic (exact) mass is 321 g/mol. The van der Waals surface area contributed by atoms with E-state index in [1.165, 1.54) is 16.3 Å². The Morgan fingerprint density at radius 1 is 1.71 bits per heavy atom. The maximum atomic E-state index is 11.7. The van der Waals surface area contributed by atoms with Crippen molar-refractivity contribution in [3.05, 3.63) is 21.2 Å². The second kappa shape index (κ2) is 4.97. The largest absolute Gasteiger partial charge is 0.395 e. The first-order valence-corrected chi connectivity index (χ1v) is 6.75. The van der Waals surface area contributed by atoms with E-state index in [1.54, 1.807) is 6.20 Å². The highest BCUT2D eigenvalue weighted by Gasteiger charge is 2.34. The van der Waals surface area contributed by atoms with Crippen LogP contribution < -0.4 is 11.4 Å². The Bertz CT molecular complexity index is 481.